The van der Waals surface area contributed by atoms with Crippen LogP contribution in [-0.4, -0.2) is 60.9 Å². The lowest BCUT2D eigenvalue weighted by molar-refractivity contribution is -0.128. The Labute approximate surface area is 148 Å². The number of carbonyl (C=O) groups is 1. The number of carbonyl (C=O) groups excluding carboxylic acids is 1. The monoisotopic (exact) mass is 352 g/mol. The van der Waals surface area contributed by atoms with E-state index < -0.39 is 0 Å². The standard InChI is InChI=1S/C17H28N4O4/c1-23-12-15-19-16(25-20-15)11-21-6-2-3-13(10-21)9-18-17(22)14-4-7-24-8-5-14/h13-14H,2-12H2,1H3,(H,18,22). The summed E-state index contributed by atoms with van der Waals surface area (Å²) in [4.78, 5) is 18.9. The molecule has 0 saturated carbocycles. The lowest BCUT2D eigenvalue weighted by Crippen LogP contribution is -2.42. The van der Waals surface area contributed by atoms with Crippen molar-refractivity contribution < 1.29 is 18.8 Å². The van der Waals surface area contributed by atoms with Gasteiger partial charge in [0, 0.05) is 39.3 Å². The number of piperidine rings is 1. The second-order valence-corrected chi connectivity index (χ2v) is 6.91. The first-order valence-corrected chi connectivity index (χ1v) is 9.13. The van der Waals surface area contributed by atoms with E-state index in [9.17, 15) is 4.79 Å². The molecule has 3 rings (SSSR count). The molecule has 0 bridgehead atoms. The van der Waals surface area contributed by atoms with Crippen LogP contribution >= 0.6 is 0 Å². The van der Waals surface area contributed by atoms with E-state index in [-0.39, 0.29) is 11.8 Å². The zero-order chi connectivity index (χ0) is 17.5. The molecule has 1 aromatic heterocycles. The van der Waals surface area contributed by atoms with Crippen molar-refractivity contribution in [3.8, 4) is 0 Å². The molecule has 140 valence electrons. The van der Waals surface area contributed by atoms with Crippen LogP contribution < -0.4 is 5.32 Å². The fraction of sp³-hybridized carbons (Fsp3) is 0.824. The van der Waals surface area contributed by atoms with E-state index in [0.717, 1.165) is 45.3 Å². The van der Waals surface area contributed by atoms with Crippen molar-refractivity contribution in [1.29, 1.82) is 0 Å². The van der Waals surface area contributed by atoms with E-state index in [1.807, 2.05) is 0 Å². The summed E-state index contributed by atoms with van der Waals surface area (Å²) in [5.74, 6) is 1.97. The van der Waals surface area contributed by atoms with Gasteiger partial charge in [0.15, 0.2) is 5.82 Å². The van der Waals surface area contributed by atoms with Crippen molar-refractivity contribution in [2.75, 3.05) is 40.0 Å². The van der Waals surface area contributed by atoms with Crippen LogP contribution in [0.15, 0.2) is 4.52 Å². The second-order valence-electron chi connectivity index (χ2n) is 6.91. The maximum Gasteiger partial charge on any atom is 0.240 e. The number of aromatic nitrogens is 2. The molecule has 2 saturated heterocycles. The van der Waals surface area contributed by atoms with Gasteiger partial charge in [-0.05, 0) is 38.1 Å². The Kier molecular flexibility index (Phi) is 6.77. The van der Waals surface area contributed by atoms with Crippen LogP contribution in [0.25, 0.3) is 0 Å². The third-order valence-electron chi connectivity index (χ3n) is 4.90. The fourth-order valence-electron chi connectivity index (χ4n) is 3.54. The third-order valence-corrected chi connectivity index (χ3v) is 4.90. The SMILES string of the molecule is COCc1noc(CN2CCCC(CNC(=O)C3CCOCC3)C2)n1. The highest BCUT2D eigenvalue weighted by atomic mass is 16.5. The Bertz CT molecular complexity index is 545. The Morgan fingerprint density at radius 1 is 1.36 bits per heavy atom. The van der Waals surface area contributed by atoms with E-state index in [0.29, 0.717) is 44.0 Å². The smallest absolute Gasteiger partial charge is 0.240 e. The van der Waals surface area contributed by atoms with Gasteiger partial charge in [-0.3, -0.25) is 9.69 Å². The highest BCUT2D eigenvalue weighted by molar-refractivity contribution is 5.78. The largest absolute Gasteiger partial charge is 0.381 e. The average Bonchev–Trinajstić information content (AvgIpc) is 3.08. The molecule has 8 nitrogen and oxygen atoms in total. The number of hydrogen-bond donors (Lipinski definition) is 1. The number of ether oxygens (including phenoxy) is 2. The number of nitrogens with one attached hydrogen (secondary N) is 1. The molecule has 0 radical (unpaired) electrons. The van der Waals surface area contributed by atoms with Gasteiger partial charge >= 0.3 is 0 Å². The van der Waals surface area contributed by atoms with Crippen LogP contribution in [0.2, 0.25) is 0 Å². The molecule has 1 aromatic rings. The summed E-state index contributed by atoms with van der Waals surface area (Å²) in [5, 5.41) is 7.04. The molecule has 2 aliphatic heterocycles. The molecule has 2 fully saturated rings. The molecule has 1 N–H and O–H groups in total. The molecule has 8 heteroatoms. The van der Waals surface area contributed by atoms with Crippen LogP contribution in [-0.2, 0) is 27.4 Å². The van der Waals surface area contributed by atoms with E-state index in [1.165, 1.54) is 0 Å². The summed E-state index contributed by atoms with van der Waals surface area (Å²) in [5.41, 5.74) is 0. The highest BCUT2D eigenvalue weighted by Crippen LogP contribution is 2.19. The van der Waals surface area contributed by atoms with Crippen LogP contribution in [0.4, 0.5) is 0 Å². The van der Waals surface area contributed by atoms with Gasteiger partial charge in [-0.2, -0.15) is 4.98 Å². The Balaban J connectivity index is 1.41. The molecule has 0 spiro atoms. The molecule has 1 amide bonds. The van der Waals surface area contributed by atoms with Crippen molar-refractivity contribution in [1.82, 2.24) is 20.4 Å². The first kappa shape index (κ1) is 18.3. The Morgan fingerprint density at radius 3 is 3.00 bits per heavy atom. The Morgan fingerprint density at radius 2 is 2.20 bits per heavy atom. The summed E-state index contributed by atoms with van der Waals surface area (Å²) in [6, 6.07) is 0. The average molecular weight is 352 g/mol. The van der Waals surface area contributed by atoms with Crippen molar-refractivity contribution >= 4 is 5.91 Å². The van der Waals surface area contributed by atoms with Gasteiger partial charge < -0.3 is 19.3 Å². The Hall–Kier alpha value is -1.51. The third kappa shape index (κ3) is 5.49. The minimum absolute atomic E-state index is 0.117. The van der Waals surface area contributed by atoms with Gasteiger partial charge in [0.2, 0.25) is 11.8 Å². The molecule has 2 aliphatic rings. The number of rotatable bonds is 7. The van der Waals surface area contributed by atoms with E-state index >= 15 is 0 Å². The minimum atomic E-state index is 0.117. The van der Waals surface area contributed by atoms with Gasteiger partial charge in [0.05, 0.1) is 6.54 Å². The van der Waals surface area contributed by atoms with Gasteiger partial charge in [-0.25, -0.2) is 0 Å². The minimum Gasteiger partial charge on any atom is -0.381 e. The highest BCUT2D eigenvalue weighted by Gasteiger charge is 2.25. The number of methoxy groups -OCH3 is 1. The lowest BCUT2D eigenvalue weighted by Gasteiger charge is -2.32. The molecular formula is C17H28N4O4. The van der Waals surface area contributed by atoms with Crippen molar-refractivity contribution in [3.05, 3.63) is 11.7 Å². The van der Waals surface area contributed by atoms with Gasteiger partial charge in [-0.15, -0.1) is 0 Å². The summed E-state index contributed by atoms with van der Waals surface area (Å²) in [7, 11) is 1.61. The van der Waals surface area contributed by atoms with Crippen molar-refractivity contribution in [3.63, 3.8) is 0 Å². The molecule has 1 atom stereocenters. The number of nitrogens with zero attached hydrogens (tertiary/aromatic N) is 3. The summed E-state index contributed by atoms with van der Waals surface area (Å²) in [6.45, 7) is 5.12. The van der Waals surface area contributed by atoms with Crippen molar-refractivity contribution in [2.24, 2.45) is 11.8 Å². The maximum absolute atomic E-state index is 12.3. The molecule has 3 heterocycles. The van der Waals surface area contributed by atoms with Gasteiger partial charge in [-0.1, -0.05) is 5.16 Å². The van der Waals surface area contributed by atoms with E-state index in [1.54, 1.807) is 7.11 Å². The summed E-state index contributed by atoms with van der Waals surface area (Å²) in [6.07, 6.45) is 3.94. The van der Waals surface area contributed by atoms with Crippen LogP contribution in [0.3, 0.4) is 0 Å². The quantitative estimate of drug-likeness (QED) is 0.782. The van der Waals surface area contributed by atoms with Crippen LogP contribution in [0.1, 0.15) is 37.4 Å². The topological polar surface area (TPSA) is 89.7 Å². The molecule has 0 aromatic carbocycles. The zero-order valence-corrected chi connectivity index (χ0v) is 14.9. The van der Waals surface area contributed by atoms with Gasteiger partial charge in [0.1, 0.15) is 6.61 Å². The zero-order valence-electron chi connectivity index (χ0n) is 14.9. The molecule has 25 heavy (non-hydrogen) atoms. The number of amides is 1. The number of likely N-dealkylation sites (tertiary alicyclic amines) is 1. The second kappa shape index (κ2) is 9.26. The summed E-state index contributed by atoms with van der Waals surface area (Å²) < 4.78 is 15.6. The van der Waals surface area contributed by atoms with E-state index in [2.05, 4.69) is 20.4 Å². The lowest BCUT2D eigenvalue weighted by atomic mass is 9.96. The van der Waals surface area contributed by atoms with Gasteiger partial charge in [0.25, 0.3) is 0 Å². The molecule has 0 aliphatic carbocycles. The first-order chi connectivity index (χ1) is 12.2. The predicted molar refractivity (Wildman–Crippen MR) is 89.6 cm³/mol. The van der Waals surface area contributed by atoms with Crippen LogP contribution in [0, 0.1) is 11.8 Å². The summed E-state index contributed by atoms with van der Waals surface area (Å²) >= 11 is 0. The number of hydrogen-bond acceptors (Lipinski definition) is 7. The first-order valence-electron chi connectivity index (χ1n) is 9.13. The maximum atomic E-state index is 12.3. The fourth-order valence-corrected chi connectivity index (χ4v) is 3.54. The van der Waals surface area contributed by atoms with Crippen molar-refractivity contribution in [2.45, 2.75) is 38.8 Å². The normalized spacial score (nSPS) is 22.8. The van der Waals surface area contributed by atoms with E-state index in [4.69, 9.17) is 14.0 Å². The predicted octanol–water partition coefficient (Wildman–Crippen LogP) is 0.971. The van der Waals surface area contributed by atoms with Crippen LogP contribution in [0.5, 0.6) is 0 Å². The molecule has 1 unspecified atom stereocenters. The molecular weight excluding hydrogens is 324 g/mol.